The Labute approximate surface area is 86.3 Å². The van der Waals surface area contributed by atoms with Crippen molar-refractivity contribution in [1.82, 2.24) is 0 Å². The predicted octanol–water partition coefficient (Wildman–Crippen LogP) is 3.54. The van der Waals surface area contributed by atoms with Crippen LogP contribution in [-0.4, -0.2) is 11.1 Å². The van der Waals surface area contributed by atoms with Gasteiger partial charge in [0.05, 0.1) is 0 Å². The Balaban J connectivity index is 3.17. The molecule has 0 rings (SSSR count). The van der Waals surface area contributed by atoms with Gasteiger partial charge in [-0.25, -0.2) is 4.79 Å². The van der Waals surface area contributed by atoms with Crippen molar-refractivity contribution in [2.24, 2.45) is 0 Å². The quantitative estimate of drug-likeness (QED) is 0.366. The van der Waals surface area contributed by atoms with E-state index in [4.69, 9.17) is 5.11 Å². The van der Waals surface area contributed by atoms with E-state index < -0.39 is 5.97 Å². The summed E-state index contributed by atoms with van der Waals surface area (Å²) < 4.78 is 0. The second-order valence-electron chi connectivity index (χ2n) is 3.29. The highest BCUT2D eigenvalue weighted by Crippen LogP contribution is 2.02. The van der Waals surface area contributed by atoms with Crippen molar-refractivity contribution in [3.63, 3.8) is 0 Å². The number of unbranched alkanes of at least 4 members (excludes halogenated alkanes) is 4. The highest BCUT2D eigenvalue weighted by molar-refractivity contribution is 5.79. The third kappa shape index (κ3) is 11.0. The molecule has 0 aliphatic rings. The molecule has 14 heavy (non-hydrogen) atoms. The van der Waals surface area contributed by atoms with E-state index in [0.29, 0.717) is 0 Å². The van der Waals surface area contributed by atoms with Crippen LogP contribution in [0.5, 0.6) is 0 Å². The Morgan fingerprint density at radius 2 is 1.64 bits per heavy atom. The molecule has 0 bridgehead atoms. The molecule has 0 radical (unpaired) electrons. The van der Waals surface area contributed by atoms with E-state index in [1.165, 1.54) is 18.9 Å². The standard InChI is InChI=1S/C12H20O2/c1-2-3-4-5-6-7-8-9-10-11-12(13)14/h4-5,10-11H,2-3,6-9H2,1H3,(H,13,14)/b5-4+,11-10-. The Kier molecular flexibility index (Phi) is 9.28. The van der Waals surface area contributed by atoms with Gasteiger partial charge >= 0.3 is 5.97 Å². The van der Waals surface area contributed by atoms with Crippen LogP contribution in [0, 0.1) is 0 Å². The summed E-state index contributed by atoms with van der Waals surface area (Å²) in [5.74, 6) is -0.854. The first-order valence-electron chi connectivity index (χ1n) is 5.31. The molecule has 0 aliphatic heterocycles. The van der Waals surface area contributed by atoms with Gasteiger partial charge in [0.1, 0.15) is 0 Å². The molecule has 0 atom stereocenters. The van der Waals surface area contributed by atoms with E-state index in [2.05, 4.69) is 19.1 Å². The number of hydrogen-bond acceptors (Lipinski definition) is 1. The maximum absolute atomic E-state index is 10.1. The predicted molar refractivity (Wildman–Crippen MR) is 59.3 cm³/mol. The lowest BCUT2D eigenvalue weighted by molar-refractivity contribution is -0.131. The van der Waals surface area contributed by atoms with Crippen LogP contribution in [-0.2, 0) is 4.79 Å². The third-order valence-corrected chi connectivity index (χ3v) is 1.87. The van der Waals surface area contributed by atoms with Crippen molar-refractivity contribution >= 4 is 5.97 Å². The van der Waals surface area contributed by atoms with Crippen molar-refractivity contribution in [3.8, 4) is 0 Å². The monoisotopic (exact) mass is 196 g/mol. The highest BCUT2D eigenvalue weighted by atomic mass is 16.4. The molecule has 0 spiro atoms. The van der Waals surface area contributed by atoms with Gasteiger partial charge in [-0.1, -0.05) is 31.6 Å². The number of carboxylic acids is 1. The maximum atomic E-state index is 10.1. The van der Waals surface area contributed by atoms with Crippen LogP contribution in [0.2, 0.25) is 0 Å². The second kappa shape index (κ2) is 10.0. The van der Waals surface area contributed by atoms with Crippen LogP contribution < -0.4 is 0 Å². The fourth-order valence-electron chi connectivity index (χ4n) is 1.11. The minimum atomic E-state index is -0.854. The summed E-state index contributed by atoms with van der Waals surface area (Å²) in [5.41, 5.74) is 0. The topological polar surface area (TPSA) is 37.3 Å². The van der Waals surface area contributed by atoms with Gasteiger partial charge in [-0.15, -0.1) is 0 Å². The van der Waals surface area contributed by atoms with Gasteiger partial charge < -0.3 is 5.11 Å². The van der Waals surface area contributed by atoms with Gasteiger partial charge in [-0.3, -0.25) is 0 Å². The van der Waals surface area contributed by atoms with Crippen LogP contribution >= 0.6 is 0 Å². The molecule has 2 heteroatoms. The molecule has 0 heterocycles. The number of rotatable bonds is 8. The van der Waals surface area contributed by atoms with Crippen molar-refractivity contribution in [2.45, 2.75) is 45.4 Å². The molecule has 2 nitrogen and oxygen atoms in total. The van der Waals surface area contributed by atoms with Crippen molar-refractivity contribution in [1.29, 1.82) is 0 Å². The largest absolute Gasteiger partial charge is 0.478 e. The Morgan fingerprint density at radius 3 is 2.21 bits per heavy atom. The Hall–Kier alpha value is -1.05. The molecule has 80 valence electrons. The first kappa shape index (κ1) is 12.9. The minimum absolute atomic E-state index is 0.854. The van der Waals surface area contributed by atoms with E-state index in [-0.39, 0.29) is 0 Å². The molecule has 0 aliphatic carbocycles. The van der Waals surface area contributed by atoms with E-state index in [1.54, 1.807) is 6.08 Å². The number of aliphatic carboxylic acids is 1. The molecule has 0 fully saturated rings. The van der Waals surface area contributed by atoms with Crippen LogP contribution in [0.4, 0.5) is 0 Å². The smallest absolute Gasteiger partial charge is 0.327 e. The number of carboxylic acid groups (broad SMARTS) is 1. The van der Waals surface area contributed by atoms with Crippen molar-refractivity contribution < 1.29 is 9.90 Å². The van der Waals surface area contributed by atoms with Gasteiger partial charge in [0.25, 0.3) is 0 Å². The highest BCUT2D eigenvalue weighted by Gasteiger charge is 1.86. The van der Waals surface area contributed by atoms with Crippen LogP contribution in [0.3, 0.4) is 0 Å². The summed E-state index contributed by atoms with van der Waals surface area (Å²) >= 11 is 0. The van der Waals surface area contributed by atoms with Gasteiger partial charge in [0.2, 0.25) is 0 Å². The molecule has 0 saturated carbocycles. The van der Waals surface area contributed by atoms with Crippen LogP contribution in [0.25, 0.3) is 0 Å². The molecule has 0 saturated heterocycles. The maximum Gasteiger partial charge on any atom is 0.327 e. The Bertz CT molecular complexity index is 192. The summed E-state index contributed by atoms with van der Waals surface area (Å²) in [6, 6.07) is 0. The van der Waals surface area contributed by atoms with E-state index in [0.717, 1.165) is 25.7 Å². The van der Waals surface area contributed by atoms with Gasteiger partial charge in [0, 0.05) is 6.08 Å². The molecule has 0 aromatic carbocycles. The molecule has 0 aromatic rings. The normalized spacial score (nSPS) is 11.5. The van der Waals surface area contributed by atoms with E-state index >= 15 is 0 Å². The lowest BCUT2D eigenvalue weighted by Crippen LogP contribution is -1.85. The van der Waals surface area contributed by atoms with Crippen molar-refractivity contribution in [3.05, 3.63) is 24.3 Å². The number of hydrogen-bond donors (Lipinski definition) is 1. The first-order chi connectivity index (χ1) is 6.77. The third-order valence-electron chi connectivity index (χ3n) is 1.87. The molecule has 0 unspecified atom stereocenters. The van der Waals surface area contributed by atoms with Crippen molar-refractivity contribution in [2.75, 3.05) is 0 Å². The lowest BCUT2D eigenvalue weighted by Gasteiger charge is -1.92. The minimum Gasteiger partial charge on any atom is -0.478 e. The molecule has 0 aromatic heterocycles. The van der Waals surface area contributed by atoms with Gasteiger partial charge in [-0.05, 0) is 32.1 Å². The zero-order chi connectivity index (χ0) is 10.6. The lowest BCUT2D eigenvalue weighted by atomic mass is 10.1. The molecular weight excluding hydrogens is 176 g/mol. The number of carbonyl (C=O) groups is 1. The Morgan fingerprint density at radius 1 is 1.07 bits per heavy atom. The summed E-state index contributed by atoms with van der Waals surface area (Å²) in [5, 5.41) is 8.32. The SMILES string of the molecule is CCC/C=C/CCCC/C=C\C(=O)O. The summed E-state index contributed by atoms with van der Waals surface area (Å²) in [6.07, 6.45) is 13.9. The van der Waals surface area contributed by atoms with E-state index in [9.17, 15) is 4.79 Å². The van der Waals surface area contributed by atoms with Gasteiger partial charge in [0.15, 0.2) is 0 Å². The van der Waals surface area contributed by atoms with Gasteiger partial charge in [-0.2, -0.15) is 0 Å². The zero-order valence-electron chi connectivity index (χ0n) is 8.91. The first-order valence-corrected chi connectivity index (χ1v) is 5.31. The van der Waals surface area contributed by atoms with Crippen LogP contribution in [0.15, 0.2) is 24.3 Å². The van der Waals surface area contributed by atoms with Crippen LogP contribution in [0.1, 0.15) is 45.4 Å². The second-order valence-corrected chi connectivity index (χ2v) is 3.29. The average molecular weight is 196 g/mol. The molecule has 1 N–H and O–H groups in total. The summed E-state index contributed by atoms with van der Waals surface area (Å²) in [6.45, 7) is 2.17. The van der Waals surface area contributed by atoms with E-state index in [1.807, 2.05) is 0 Å². The average Bonchev–Trinajstić information content (AvgIpc) is 2.15. The summed E-state index contributed by atoms with van der Waals surface area (Å²) in [4.78, 5) is 10.1. The molecule has 0 amide bonds. The fourth-order valence-corrected chi connectivity index (χ4v) is 1.11. The molecular formula is C12H20O2. The fraction of sp³-hybridized carbons (Fsp3) is 0.583. The summed E-state index contributed by atoms with van der Waals surface area (Å²) in [7, 11) is 0. The number of allylic oxidation sites excluding steroid dienone is 3. The zero-order valence-corrected chi connectivity index (χ0v) is 8.91.